The van der Waals surface area contributed by atoms with Crippen LogP contribution >= 0.6 is 11.3 Å². The molecule has 3 aromatic heterocycles. The number of hydrogen-bond donors (Lipinski definition) is 2. The standard InChI is InChI=1S/C18H15N5O4S/c1-26-10-6-3-5-9(14(10)27-2)23-17-13(21-18(23)25)12(15(19)24)20-16(22-17)11-7-4-8-28-11/h3-8H,1-2H3,(H2,19,24)(H,21,25). The van der Waals surface area contributed by atoms with Crippen LogP contribution in [-0.2, 0) is 0 Å². The zero-order valence-electron chi connectivity index (χ0n) is 14.9. The lowest BCUT2D eigenvalue weighted by Crippen LogP contribution is -2.16. The molecule has 0 aliphatic heterocycles. The lowest BCUT2D eigenvalue weighted by Gasteiger charge is -2.13. The predicted molar refractivity (Wildman–Crippen MR) is 104 cm³/mol. The monoisotopic (exact) mass is 397 g/mol. The van der Waals surface area contributed by atoms with Crippen LogP contribution in [0.2, 0.25) is 0 Å². The van der Waals surface area contributed by atoms with Crippen molar-refractivity contribution in [2.24, 2.45) is 5.73 Å². The minimum absolute atomic E-state index is 0.0638. The Morgan fingerprint density at radius 3 is 2.64 bits per heavy atom. The molecule has 0 aliphatic rings. The molecule has 142 valence electrons. The van der Waals surface area contributed by atoms with Gasteiger partial charge in [-0.3, -0.25) is 4.79 Å². The zero-order chi connectivity index (χ0) is 19.8. The van der Waals surface area contributed by atoms with Crippen molar-refractivity contribution < 1.29 is 14.3 Å². The molecule has 10 heteroatoms. The number of nitrogens with zero attached hydrogens (tertiary/aromatic N) is 3. The smallest absolute Gasteiger partial charge is 0.332 e. The van der Waals surface area contributed by atoms with Crippen molar-refractivity contribution in [3.8, 4) is 27.9 Å². The Morgan fingerprint density at radius 1 is 1.18 bits per heavy atom. The fraction of sp³-hybridized carbons (Fsp3) is 0.111. The summed E-state index contributed by atoms with van der Waals surface area (Å²) < 4.78 is 12.1. The molecule has 0 spiro atoms. The first-order valence-electron chi connectivity index (χ1n) is 8.13. The number of amides is 1. The summed E-state index contributed by atoms with van der Waals surface area (Å²) >= 11 is 1.41. The van der Waals surface area contributed by atoms with Crippen LogP contribution in [0.5, 0.6) is 11.5 Å². The Labute approximate surface area is 162 Å². The second-order valence-electron chi connectivity index (χ2n) is 5.71. The number of carbonyl (C=O) groups excluding carboxylic acids is 1. The number of hydrogen-bond acceptors (Lipinski definition) is 7. The molecule has 3 heterocycles. The topological polar surface area (TPSA) is 125 Å². The molecule has 9 nitrogen and oxygen atoms in total. The number of methoxy groups -OCH3 is 2. The van der Waals surface area contributed by atoms with Gasteiger partial charge >= 0.3 is 5.69 Å². The number of carbonyl (C=O) groups is 1. The number of aromatic nitrogens is 4. The molecule has 4 rings (SSSR count). The second kappa shape index (κ2) is 6.82. The number of para-hydroxylation sites is 1. The number of thiophene rings is 1. The molecular weight excluding hydrogens is 382 g/mol. The number of rotatable bonds is 5. The number of fused-ring (bicyclic) bond motifs is 1. The van der Waals surface area contributed by atoms with Crippen molar-refractivity contribution in [1.29, 1.82) is 0 Å². The number of H-pyrrole nitrogens is 1. The van der Waals surface area contributed by atoms with Gasteiger partial charge in [0.1, 0.15) is 5.52 Å². The Morgan fingerprint density at radius 2 is 2.00 bits per heavy atom. The molecule has 0 unspecified atom stereocenters. The first kappa shape index (κ1) is 17.7. The Hall–Kier alpha value is -3.66. The van der Waals surface area contributed by atoms with Crippen LogP contribution < -0.4 is 20.9 Å². The van der Waals surface area contributed by atoms with Crippen LogP contribution in [-0.4, -0.2) is 39.6 Å². The van der Waals surface area contributed by atoms with Crippen molar-refractivity contribution >= 4 is 28.4 Å². The third kappa shape index (κ3) is 2.70. The van der Waals surface area contributed by atoms with E-state index in [0.29, 0.717) is 23.0 Å². The van der Waals surface area contributed by atoms with Gasteiger partial charge in [0.05, 0.1) is 24.8 Å². The Bertz CT molecular complexity index is 1240. The number of primary amides is 1. The number of ether oxygens (including phenoxy) is 2. The highest BCUT2D eigenvalue weighted by Gasteiger charge is 2.23. The fourth-order valence-corrected chi connectivity index (χ4v) is 3.61. The van der Waals surface area contributed by atoms with Gasteiger partial charge in [-0.15, -0.1) is 11.3 Å². The maximum atomic E-state index is 12.8. The molecular formula is C18H15N5O4S. The van der Waals surface area contributed by atoms with Crippen molar-refractivity contribution in [2.45, 2.75) is 0 Å². The summed E-state index contributed by atoms with van der Waals surface area (Å²) in [5.74, 6) is 0.330. The quantitative estimate of drug-likeness (QED) is 0.530. The number of aromatic amines is 1. The van der Waals surface area contributed by atoms with E-state index in [0.717, 1.165) is 4.88 Å². The van der Waals surface area contributed by atoms with Crippen LogP contribution in [0, 0.1) is 0 Å². The molecule has 0 bridgehead atoms. The van der Waals surface area contributed by atoms with Gasteiger partial charge in [-0.25, -0.2) is 19.3 Å². The Kier molecular flexibility index (Phi) is 4.32. The van der Waals surface area contributed by atoms with Gasteiger partial charge in [-0.05, 0) is 23.6 Å². The van der Waals surface area contributed by atoms with E-state index in [1.165, 1.54) is 30.1 Å². The maximum absolute atomic E-state index is 12.8. The SMILES string of the molecule is COc1cccc(-n2c(=O)[nH]c3c(C(N)=O)nc(-c4cccs4)nc32)c1OC. The van der Waals surface area contributed by atoms with E-state index in [1.54, 1.807) is 18.2 Å². The highest BCUT2D eigenvalue weighted by atomic mass is 32.1. The van der Waals surface area contributed by atoms with E-state index in [4.69, 9.17) is 15.2 Å². The molecule has 0 saturated heterocycles. The summed E-state index contributed by atoms with van der Waals surface area (Å²) in [6.45, 7) is 0. The molecule has 0 aliphatic carbocycles. The minimum Gasteiger partial charge on any atom is -0.493 e. The molecule has 3 N–H and O–H groups in total. The van der Waals surface area contributed by atoms with Crippen LogP contribution in [0.15, 0.2) is 40.5 Å². The van der Waals surface area contributed by atoms with Crippen molar-refractivity contribution in [3.05, 3.63) is 51.9 Å². The van der Waals surface area contributed by atoms with E-state index in [1.807, 2.05) is 17.5 Å². The van der Waals surface area contributed by atoms with Gasteiger partial charge < -0.3 is 20.2 Å². The van der Waals surface area contributed by atoms with Crippen molar-refractivity contribution in [1.82, 2.24) is 19.5 Å². The van der Waals surface area contributed by atoms with Gasteiger partial charge in [-0.2, -0.15) is 0 Å². The zero-order valence-corrected chi connectivity index (χ0v) is 15.7. The first-order valence-corrected chi connectivity index (χ1v) is 9.01. The van der Waals surface area contributed by atoms with Gasteiger partial charge in [0.2, 0.25) is 0 Å². The molecule has 0 atom stereocenters. The molecule has 1 aromatic carbocycles. The summed E-state index contributed by atoms with van der Waals surface area (Å²) in [4.78, 5) is 36.9. The van der Waals surface area contributed by atoms with Gasteiger partial charge in [-0.1, -0.05) is 12.1 Å². The van der Waals surface area contributed by atoms with Crippen molar-refractivity contribution in [2.75, 3.05) is 14.2 Å². The Balaban J connectivity index is 2.10. The van der Waals surface area contributed by atoms with Crippen molar-refractivity contribution in [3.63, 3.8) is 0 Å². The van der Waals surface area contributed by atoms with Gasteiger partial charge in [0, 0.05) is 0 Å². The average Bonchev–Trinajstić information content (AvgIpc) is 3.33. The molecule has 4 aromatic rings. The predicted octanol–water partition coefficient (Wildman–Crippen LogP) is 1.95. The number of nitrogens with one attached hydrogen (secondary N) is 1. The van der Waals surface area contributed by atoms with Crippen LogP contribution in [0.3, 0.4) is 0 Å². The summed E-state index contributed by atoms with van der Waals surface area (Å²) in [6, 6.07) is 8.78. The fourth-order valence-electron chi connectivity index (χ4n) is 2.95. The van der Waals surface area contributed by atoms with Gasteiger partial charge in [0.25, 0.3) is 5.91 Å². The molecule has 1 amide bonds. The van der Waals surface area contributed by atoms with E-state index in [9.17, 15) is 9.59 Å². The van der Waals surface area contributed by atoms with Gasteiger partial charge in [0.15, 0.2) is 28.7 Å². The maximum Gasteiger partial charge on any atom is 0.332 e. The molecule has 28 heavy (non-hydrogen) atoms. The molecule has 0 radical (unpaired) electrons. The van der Waals surface area contributed by atoms with E-state index in [-0.39, 0.29) is 16.9 Å². The highest BCUT2D eigenvalue weighted by Crippen LogP contribution is 2.34. The number of benzene rings is 1. The highest BCUT2D eigenvalue weighted by molar-refractivity contribution is 7.13. The van der Waals surface area contributed by atoms with Crippen LogP contribution in [0.4, 0.5) is 0 Å². The third-order valence-electron chi connectivity index (χ3n) is 4.13. The summed E-state index contributed by atoms with van der Waals surface area (Å²) in [5, 5.41) is 1.86. The number of nitrogens with two attached hydrogens (primary N) is 1. The molecule has 0 fully saturated rings. The summed E-state index contributed by atoms with van der Waals surface area (Å²) in [5.41, 5.74) is 5.70. The lowest BCUT2D eigenvalue weighted by molar-refractivity contribution is 0.0997. The van der Waals surface area contributed by atoms with E-state index >= 15 is 0 Å². The van der Waals surface area contributed by atoms with Crippen LogP contribution in [0.1, 0.15) is 10.5 Å². The third-order valence-corrected chi connectivity index (χ3v) is 5.00. The second-order valence-corrected chi connectivity index (χ2v) is 6.66. The van der Waals surface area contributed by atoms with E-state index in [2.05, 4.69) is 15.0 Å². The van der Waals surface area contributed by atoms with Crippen LogP contribution in [0.25, 0.3) is 27.6 Å². The average molecular weight is 397 g/mol. The normalized spacial score (nSPS) is 10.9. The van der Waals surface area contributed by atoms with E-state index < -0.39 is 11.6 Å². The lowest BCUT2D eigenvalue weighted by atomic mass is 10.2. The largest absolute Gasteiger partial charge is 0.493 e. The number of imidazole rings is 1. The summed E-state index contributed by atoms with van der Waals surface area (Å²) in [7, 11) is 2.98. The first-order chi connectivity index (χ1) is 13.5. The minimum atomic E-state index is -0.767. The summed E-state index contributed by atoms with van der Waals surface area (Å²) in [6.07, 6.45) is 0. The molecule has 0 saturated carbocycles.